The van der Waals surface area contributed by atoms with Gasteiger partial charge in [-0.2, -0.15) is 5.10 Å². The number of hydrogen-bond donors (Lipinski definition) is 0. The maximum atomic E-state index is 13.1. The topological polar surface area (TPSA) is 107 Å². The van der Waals surface area contributed by atoms with E-state index in [2.05, 4.69) is 20.3 Å². The Bertz CT molecular complexity index is 1300. The number of thioether (sulfide) groups is 1. The monoisotopic (exact) mass is 495 g/mol. The van der Waals surface area contributed by atoms with Crippen molar-refractivity contribution in [3.63, 3.8) is 0 Å². The molecule has 1 amide bonds. The molecule has 1 atom stereocenters. The Balaban J connectivity index is 1.28. The van der Waals surface area contributed by atoms with E-state index in [0.717, 1.165) is 27.7 Å². The summed E-state index contributed by atoms with van der Waals surface area (Å²) in [4.78, 5) is 17.5. The van der Waals surface area contributed by atoms with Gasteiger partial charge in [-0.05, 0) is 48.9 Å². The molecule has 4 heterocycles. The summed E-state index contributed by atoms with van der Waals surface area (Å²) in [7, 11) is 1.62. The van der Waals surface area contributed by atoms with E-state index < -0.39 is 0 Å². The van der Waals surface area contributed by atoms with E-state index in [4.69, 9.17) is 13.6 Å². The Kier molecular flexibility index (Phi) is 6.45. The summed E-state index contributed by atoms with van der Waals surface area (Å²) < 4.78 is 16.5. The van der Waals surface area contributed by atoms with Crippen LogP contribution in [0.15, 0.2) is 67.2 Å². The zero-order chi connectivity index (χ0) is 23.5. The molecule has 0 N–H and O–H groups in total. The van der Waals surface area contributed by atoms with Gasteiger partial charge in [0.05, 0.1) is 42.0 Å². The van der Waals surface area contributed by atoms with E-state index in [0.29, 0.717) is 29.7 Å². The average molecular weight is 496 g/mol. The predicted octanol–water partition coefficient (Wildman–Crippen LogP) is 4.50. The van der Waals surface area contributed by atoms with Crippen molar-refractivity contribution in [1.82, 2.24) is 20.2 Å². The first-order chi connectivity index (χ1) is 16.6. The number of hydrogen-bond acceptors (Lipinski definition) is 10. The summed E-state index contributed by atoms with van der Waals surface area (Å²) in [6.45, 7) is 1.95. The number of methoxy groups -OCH3 is 1. The zero-order valence-electron chi connectivity index (χ0n) is 18.5. The molecule has 5 rings (SSSR count). The summed E-state index contributed by atoms with van der Waals surface area (Å²) in [6.07, 6.45) is 2.62. The minimum absolute atomic E-state index is 0.105. The van der Waals surface area contributed by atoms with E-state index in [1.165, 1.54) is 16.8 Å². The van der Waals surface area contributed by atoms with Crippen molar-refractivity contribution in [1.29, 1.82) is 0 Å². The normalized spacial score (nSPS) is 15.5. The first-order valence-corrected chi connectivity index (χ1v) is 12.4. The highest BCUT2D eigenvalue weighted by Gasteiger charge is 2.35. The van der Waals surface area contributed by atoms with Gasteiger partial charge in [0.25, 0.3) is 11.1 Å². The number of aryl methyl sites for hydroxylation is 1. The van der Waals surface area contributed by atoms with Crippen LogP contribution in [0.3, 0.4) is 0 Å². The SMILES string of the molecule is COc1ccc(C2=NN(C(=O)CSc3nnc(Cc4csc(C)n4)o3)[C@@H](c3ccco3)C2)cc1. The lowest BCUT2D eigenvalue weighted by molar-refractivity contribution is -0.130. The average Bonchev–Trinajstić information content (AvgIpc) is 3.65. The first-order valence-electron chi connectivity index (χ1n) is 10.5. The largest absolute Gasteiger partial charge is 0.497 e. The zero-order valence-corrected chi connectivity index (χ0v) is 20.1. The second-order valence-corrected chi connectivity index (χ2v) is 9.52. The smallest absolute Gasteiger partial charge is 0.277 e. The Morgan fingerprint density at radius 3 is 2.82 bits per heavy atom. The Morgan fingerprint density at radius 1 is 1.26 bits per heavy atom. The van der Waals surface area contributed by atoms with Gasteiger partial charge in [-0.1, -0.05) is 11.8 Å². The van der Waals surface area contributed by atoms with E-state index in [1.807, 2.05) is 48.7 Å². The van der Waals surface area contributed by atoms with Crippen molar-refractivity contribution in [2.45, 2.75) is 31.0 Å². The molecule has 0 saturated heterocycles. The fraction of sp³-hybridized carbons (Fsp3) is 0.261. The van der Waals surface area contributed by atoms with Crippen LogP contribution in [0.4, 0.5) is 0 Å². The van der Waals surface area contributed by atoms with Gasteiger partial charge in [-0.25, -0.2) is 9.99 Å². The molecule has 34 heavy (non-hydrogen) atoms. The third-order valence-corrected chi connectivity index (χ3v) is 6.85. The maximum absolute atomic E-state index is 13.1. The molecule has 0 spiro atoms. The molecule has 0 fully saturated rings. The minimum atomic E-state index is -0.314. The van der Waals surface area contributed by atoms with Gasteiger partial charge >= 0.3 is 0 Å². The second-order valence-electron chi connectivity index (χ2n) is 7.53. The number of thiazole rings is 1. The highest BCUT2D eigenvalue weighted by atomic mass is 32.2. The number of amides is 1. The van der Waals surface area contributed by atoms with Crippen LogP contribution in [0.5, 0.6) is 5.75 Å². The third kappa shape index (κ3) is 4.90. The fourth-order valence-corrected chi connectivity index (χ4v) is 4.85. The second kappa shape index (κ2) is 9.82. The molecule has 0 radical (unpaired) electrons. The minimum Gasteiger partial charge on any atom is -0.497 e. The van der Waals surface area contributed by atoms with Gasteiger partial charge in [0.1, 0.15) is 17.6 Å². The van der Waals surface area contributed by atoms with E-state index in [1.54, 1.807) is 24.7 Å². The van der Waals surface area contributed by atoms with E-state index >= 15 is 0 Å². The lowest BCUT2D eigenvalue weighted by Gasteiger charge is -2.19. The van der Waals surface area contributed by atoms with Crippen molar-refractivity contribution in [3.05, 3.63) is 76.0 Å². The van der Waals surface area contributed by atoms with Crippen molar-refractivity contribution in [2.24, 2.45) is 5.10 Å². The Morgan fingerprint density at radius 2 is 2.12 bits per heavy atom. The van der Waals surface area contributed by atoms with Gasteiger partial charge in [0, 0.05) is 11.8 Å². The number of nitrogens with zero attached hydrogens (tertiary/aromatic N) is 5. The predicted molar refractivity (Wildman–Crippen MR) is 127 cm³/mol. The first kappa shape index (κ1) is 22.4. The van der Waals surface area contributed by atoms with Crippen LogP contribution in [0.2, 0.25) is 0 Å². The molecule has 1 aliphatic heterocycles. The molecule has 1 aromatic carbocycles. The van der Waals surface area contributed by atoms with E-state index in [9.17, 15) is 4.79 Å². The lowest BCUT2D eigenvalue weighted by atomic mass is 10.0. The molecule has 0 unspecified atom stereocenters. The number of carbonyl (C=O) groups is 1. The van der Waals surface area contributed by atoms with Crippen LogP contribution in [-0.4, -0.2) is 44.7 Å². The highest BCUT2D eigenvalue weighted by Crippen LogP contribution is 2.34. The molecular formula is C23H21N5O4S2. The number of hydrazone groups is 1. The highest BCUT2D eigenvalue weighted by molar-refractivity contribution is 7.99. The van der Waals surface area contributed by atoms with Crippen molar-refractivity contribution in [3.8, 4) is 5.75 Å². The number of ether oxygens (including phenoxy) is 1. The van der Waals surface area contributed by atoms with Crippen molar-refractivity contribution >= 4 is 34.7 Å². The number of benzene rings is 1. The molecule has 4 aromatic rings. The third-order valence-electron chi connectivity index (χ3n) is 5.23. The summed E-state index contributed by atoms with van der Waals surface area (Å²) in [6, 6.07) is 11.0. The molecule has 0 aliphatic carbocycles. The molecular weight excluding hydrogens is 474 g/mol. The van der Waals surface area contributed by atoms with Gasteiger partial charge in [-0.3, -0.25) is 4.79 Å². The summed E-state index contributed by atoms with van der Waals surface area (Å²) in [5.74, 6) is 1.84. The standard InChI is InChI=1S/C23H21N5O4S2/c1-14-24-16(12-33-14)10-21-25-26-23(32-21)34-13-22(29)28-19(20-4-3-9-31-20)11-18(27-28)15-5-7-17(30-2)8-6-15/h3-9,12,19H,10-11,13H2,1-2H3/t19-/m1/s1. The number of carbonyl (C=O) groups excluding carboxylic acids is 1. The molecule has 0 saturated carbocycles. The number of rotatable bonds is 8. The van der Waals surface area contributed by atoms with Crippen molar-refractivity contribution < 1.29 is 18.4 Å². The van der Waals surface area contributed by atoms with Crippen LogP contribution in [0, 0.1) is 6.92 Å². The van der Waals surface area contributed by atoms with Gasteiger partial charge in [0.2, 0.25) is 5.89 Å². The van der Waals surface area contributed by atoms with Crippen LogP contribution < -0.4 is 4.74 Å². The fourth-order valence-electron chi connectivity index (χ4n) is 3.60. The quantitative estimate of drug-likeness (QED) is 0.329. The van der Waals surface area contributed by atoms with Crippen LogP contribution >= 0.6 is 23.1 Å². The number of furan rings is 1. The number of aromatic nitrogens is 3. The molecule has 11 heteroatoms. The molecule has 9 nitrogen and oxygen atoms in total. The molecule has 3 aromatic heterocycles. The summed E-state index contributed by atoms with van der Waals surface area (Å²) in [5.41, 5.74) is 2.62. The lowest BCUT2D eigenvalue weighted by Crippen LogP contribution is -2.28. The Hall–Kier alpha value is -3.44. The van der Waals surface area contributed by atoms with Crippen LogP contribution in [-0.2, 0) is 11.2 Å². The maximum Gasteiger partial charge on any atom is 0.277 e. The van der Waals surface area contributed by atoms with Crippen LogP contribution in [0.1, 0.15) is 40.4 Å². The Labute approximate surface area is 203 Å². The van der Waals surface area contributed by atoms with Gasteiger partial charge in [-0.15, -0.1) is 21.5 Å². The van der Waals surface area contributed by atoms with Crippen LogP contribution in [0.25, 0.3) is 0 Å². The van der Waals surface area contributed by atoms with Gasteiger partial charge in [0.15, 0.2) is 0 Å². The van der Waals surface area contributed by atoms with E-state index in [-0.39, 0.29) is 17.7 Å². The summed E-state index contributed by atoms with van der Waals surface area (Å²) in [5, 5.41) is 17.5. The molecule has 1 aliphatic rings. The van der Waals surface area contributed by atoms with Gasteiger partial charge < -0.3 is 13.6 Å². The summed E-state index contributed by atoms with van der Waals surface area (Å²) >= 11 is 2.76. The molecule has 0 bridgehead atoms. The van der Waals surface area contributed by atoms with Crippen molar-refractivity contribution in [2.75, 3.05) is 12.9 Å². The molecule has 174 valence electrons.